The zero-order valence-corrected chi connectivity index (χ0v) is 7.83. The number of hydrogen-bond donors (Lipinski definition) is 1. The Morgan fingerprint density at radius 1 is 1.57 bits per heavy atom. The largest absolute Gasteiger partial charge is 0.465 e. The van der Waals surface area contributed by atoms with Crippen LogP contribution in [0.1, 0.15) is 12.8 Å². The molecule has 76 valence electrons. The zero-order chi connectivity index (χ0) is 9.97. The quantitative estimate of drug-likeness (QED) is 0.677. The van der Waals surface area contributed by atoms with E-state index in [1.807, 2.05) is 11.0 Å². The molecule has 0 aromatic rings. The molecular weight excluding hydrogens is 182 g/mol. The van der Waals surface area contributed by atoms with Crippen LogP contribution < -0.4 is 0 Å². The van der Waals surface area contributed by atoms with E-state index in [1.165, 1.54) is 4.90 Å². The van der Waals surface area contributed by atoms with E-state index in [-0.39, 0.29) is 6.17 Å². The minimum Gasteiger partial charge on any atom is -0.465 e. The summed E-state index contributed by atoms with van der Waals surface area (Å²) in [4.78, 5) is 18.3. The first-order valence-corrected chi connectivity index (χ1v) is 4.72. The second-order valence-corrected chi connectivity index (χ2v) is 3.44. The molecule has 2 aliphatic heterocycles. The molecule has 1 unspecified atom stereocenters. The standard InChI is InChI=1S/C9H13N3O2/c13-9(14)12-6-1-3-8(12)11-5-2-4-10-7-11/h2,4,7-8H,1,3,5-6H2,(H,13,14). The van der Waals surface area contributed by atoms with Crippen LogP contribution in [0.2, 0.25) is 0 Å². The summed E-state index contributed by atoms with van der Waals surface area (Å²) in [5.74, 6) is 0. The van der Waals surface area contributed by atoms with Crippen molar-refractivity contribution in [2.24, 2.45) is 4.99 Å². The number of aliphatic imine (C=N–C) groups is 1. The molecule has 0 radical (unpaired) electrons. The van der Waals surface area contributed by atoms with E-state index in [2.05, 4.69) is 4.99 Å². The van der Waals surface area contributed by atoms with E-state index in [0.29, 0.717) is 6.54 Å². The Bertz CT molecular complexity index is 288. The third-order valence-electron chi connectivity index (χ3n) is 2.57. The molecule has 14 heavy (non-hydrogen) atoms. The van der Waals surface area contributed by atoms with Gasteiger partial charge in [-0.1, -0.05) is 0 Å². The number of amides is 1. The van der Waals surface area contributed by atoms with Crippen molar-refractivity contribution in [2.45, 2.75) is 19.0 Å². The van der Waals surface area contributed by atoms with E-state index in [4.69, 9.17) is 5.11 Å². The Morgan fingerprint density at radius 3 is 3.07 bits per heavy atom. The first kappa shape index (κ1) is 9.05. The van der Waals surface area contributed by atoms with Gasteiger partial charge in [-0.05, 0) is 18.9 Å². The van der Waals surface area contributed by atoms with E-state index < -0.39 is 6.09 Å². The Hall–Kier alpha value is -1.52. The fourth-order valence-electron chi connectivity index (χ4n) is 1.92. The van der Waals surface area contributed by atoms with Gasteiger partial charge in [0.05, 0.1) is 6.34 Å². The van der Waals surface area contributed by atoms with Crippen molar-refractivity contribution in [1.29, 1.82) is 0 Å². The summed E-state index contributed by atoms with van der Waals surface area (Å²) in [5, 5.41) is 8.95. The highest BCUT2D eigenvalue weighted by molar-refractivity contribution is 5.67. The second kappa shape index (κ2) is 3.69. The number of likely N-dealkylation sites (tertiary alicyclic amines) is 1. The van der Waals surface area contributed by atoms with Crippen LogP contribution in [-0.2, 0) is 0 Å². The Labute approximate surface area is 82.3 Å². The van der Waals surface area contributed by atoms with Gasteiger partial charge >= 0.3 is 6.09 Å². The number of rotatable bonds is 1. The first-order chi connectivity index (χ1) is 6.79. The molecule has 0 aromatic carbocycles. The lowest BCUT2D eigenvalue weighted by atomic mass is 10.3. The topological polar surface area (TPSA) is 56.1 Å². The van der Waals surface area contributed by atoms with Crippen LogP contribution in [0.25, 0.3) is 0 Å². The summed E-state index contributed by atoms with van der Waals surface area (Å²) in [6.45, 7) is 1.38. The van der Waals surface area contributed by atoms with Gasteiger partial charge in [0, 0.05) is 19.3 Å². The molecule has 1 fully saturated rings. The molecule has 1 atom stereocenters. The summed E-state index contributed by atoms with van der Waals surface area (Å²) < 4.78 is 0. The molecule has 0 aromatic heterocycles. The van der Waals surface area contributed by atoms with Crippen molar-refractivity contribution in [1.82, 2.24) is 9.80 Å². The SMILES string of the molecule is O=C(O)N1CCCC1N1C=NC=CC1. The van der Waals surface area contributed by atoms with Crippen molar-refractivity contribution in [3.63, 3.8) is 0 Å². The highest BCUT2D eigenvalue weighted by atomic mass is 16.4. The average molecular weight is 195 g/mol. The molecule has 2 aliphatic rings. The lowest BCUT2D eigenvalue weighted by Crippen LogP contribution is -2.46. The summed E-state index contributed by atoms with van der Waals surface area (Å²) >= 11 is 0. The minimum atomic E-state index is -0.838. The normalized spacial score (nSPS) is 25.9. The molecule has 1 N–H and O–H groups in total. The molecule has 2 heterocycles. The molecule has 1 saturated heterocycles. The number of carbonyl (C=O) groups is 1. The molecule has 0 spiro atoms. The van der Waals surface area contributed by atoms with Crippen LogP contribution in [0.3, 0.4) is 0 Å². The van der Waals surface area contributed by atoms with Gasteiger partial charge in [-0.2, -0.15) is 0 Å². The van der Waals surface area contributed by atoms with Crippen LogP contribution in [0, 0.1) is 0 Å². The smallest absolute Gasteiger partial charge is 0.408 e. The van der Waals surface area contributed by atoms with E-state index in [0.717, 1.165) is 19.4 Å². The summed E-state index contributed by atoms with van der Waals surface area (Å²) in [6.07, 6.45) is 6.34. The maximum atomic E-state index is 10.9. The highest BCUT2D eigenvalue weighted by Gasteiger charge is 2.31. The van der Waals surface area contributed by atoms with Gasteiger partial charge in [0.25, 0.3) is 0 Å². The lowest BCUT2D eigenvalue weighted by molar-refractivity contribution is 0.108. The second-order valence-electron chi connectivity index (χ2n) is 3.44. The molecule has 5 heteroatoms. The van der Waals surface area contributed by atoms with Gasteiger partial charge < -0.3 is 10.0 Å². The Morgan fingerprint density at radius 2 is 2.43 bits per heavy atom. The fourth-order valence-corrected chi connectivity index (χ4v) is 1.92. The van der Waals surface area contributed by atoms with E-state index in [9.17, 15) is 4.79 Å². The van der Waals surface area contributed by atoms with E-state index in [1.54, 1.807) is 12.5 Å². The van der Waals surface area contributed by atoms with Crippen molar-refractivity contribution >= 4 is 12.4 Å². The maximum absolute atomic E-state index is 10.9. The highest BCUT2D eigenvalue weighted by Crippen LogP contribution is 2.20. The van der Waals surface area contributed by atoms with Gasteiger partial charge in [0.15, 0.2) is 0 Å². The fraction of sp³-hybridized carbons (Fsp3) is 0.556. The van der Waals surface area contributed by atoms with Crippen LogP contribution in [-0.4, -0.2) is 46.6 Å². The first-order valence-electron chi connectivity index (χ1n) is 4.72. The molecule has 0 aliphatic carbocycles. The van der Waals surface area contributed by atoms with E-state index >= 15 is 0 Å². The maximum Gasteiger partial charge on any atom is 0.408 e. The van der Waals surface area contributed by atoms with Crippen molar-refractivity contribution in [3.8, 4) is 0 Å². The minimum absolute atomic E-state index is 0.0267. The predicted molar refractivity (Wildman–Crippen MR) is 52.1 cm³/mol. The van der Waals surface area contributed by atoms with Crippen molar-refractivity contribution in [3.05, 3.63) is 12.3 Å². The molecule has 2 rings (SSSR count). The number of nitrogens with zero attached hydrogens (tertiary/aromatic N) is 3. The van der Waals surface area contributed by atoms with Crippen molar-refractivity contribution < 1.29 is 9.90 Å². The molecular formula is C9H13N3O2. The third kappa shape index (κ3) is 1.57. The Balaban J connectivity index is 2.05. The lowest BCUT2D eigenvalue weighted by Gasteiger charge is -2.32. The molecule has 0 saturated carbocycles. The summed E-state index contributed by atoms with van der Waals surface area (Å²) in [6, 6.07) is 0. The average Bonchev–Trinajstić information content (AvgIpc) is 2.67. The Kier molecular flexibility index (Phi) is 2.39. The molecule has 5 nitrogen and oxygen atoms in total. The monoisotopic (exact) mass is 195 g/mol. The van der Waals surface area contributed by atoms with Gasteiger partial charge in [-0.25, -0.2) is 9.79 Å². The van der Waals surface area contributed by atoms with Crippen LogP contribution in [0.4, 0.5) is 4.79 Å². The summed E-state index contributed by atoms with van der Waals surface area (Å²) in [5.41, 5.74) is 0. The van der Waals surface area contributed by atoms with Crippen molar-refractivity contribution in [2.75, 3.05) is 13.1 Å². The number of hydrogen-bond acceptors (Lipinski definition) is 3. The zero-order valence-electron chi connectivity index (χ0n) is 7.83. The predicted octanol–water partition coefficient (Wildman–Crippen LogP) is 0.944. The van der Waals surface area contributed by atoms with Gasteiger partial charge in [0.2, 0.25) is 0 Å². The molecule has 0 bridgehead atoms. The summed E-state index contributed by atoms with van der Waals surface area (Å²) in [7, 11) is 0. The van der Waals surface area contributed by atoms with Crippen LogP contribution >= 0.6 is 0 Å². The third-order valence-corrected chi connectivity index (χ3v) is 2.57. The van der Waals surface area contributed by atoms with Crippen LogP contribution in [0.5, 0.6) is 0 Å². The van der Waals surface area contributed by atoms with Crippen LogP contribution in [0.15, 0.2) is 17.3 Å². The number of carboxylic acid groups (broad SMARTS) is 1. The van der Waals surface area contributed by atoms with Gasteiger partial charge in [0.1, 0.15) is 6.17 Å². The van der Waals surface area contributed by atoms with Gasteiger partial charge in [-0.15, -0.1) is 0 Å². The molecule has 1 amide bonds. The van der Waals surface area contributed by atoms with Gasteiger partial charge in [-0.3, -0.25) is 4.90 Å².